The third-order valence-electron chi connectivity index (χ3n) is 3.58. The van der Waals surface area contributed by atoms with Crippen LogP contribution in [0.3, 0.4) is 0 Å². The fourth-order valence-corrected chi connectivity index (χ4v) is 3.23. The summed E-state index contributed by atoms with van der Waals surface area (Å²) in [4.78, 5) is 16.9. The number of nitrogens with zero attached hydrogens (tertiary/aromatic N) is 3. The van der Waals surface area contributed by atoms with Crippen molar-refractivity contribution in [2.45, 2.75) is 32.6 Å². The number of unbranched alkanes of at least 4 members (excludes halogenated alkanes) is 3. The Hall–Kier alpha value is -2.21. The van der Waals surface area contributed by atoms with E-state index in [9.17, 15) is 4.79 Å². The summed E-state index contributed by atoms with van der Waals surface area (Å²) in [5.41, 5.74) is 0.768. The number of aromatic nitrogens is 3. The molecule has 0 saturated carbocycles. The molecule has 0 aliphatic rings. The van der Waals surface area contributed by atoms with Crippen LogP contribution in [0.2, 0.25) is 0 Å². The van der Waals surface area contributed by atoms with Gasteiger partial charge in [0.1, 0.15) is 12.1 Å². The lowest BCUT2D eigenvalue weighted by molar-refractivity contribution is 0.304. The molecule has 3 aromatic rings. The van der Waals surface area contributed by atoms with E-state index in [0.29, 0.717) is 16.1 Å². The van der Waals surface area contributed by atoms with E-state index in [-0.39, 0.29) is 5.56 Å². The quantitative estimate of drug-likeness (QED) is 0.625. The monoisotopic (exact) mass is 329 g/mol. The van der Waals surface area contributed by atoms with Gasteiger partial charge in [0, 0.05) is 5.56 Å². The zero-order chi connectivity index (χ0) is 16.1. The molecule has 5 nitrogen and oxygen atoms in total. The first kappa shape index (κ1) is 15.7. The number of rotatable bonds is 7. The highest BCUT2D eigenvalue weighted by Gasteiger charge is 2.07. The van der Waals surface area contributed by atoms with Gasteiger partial charge in [-0.15, -0.1) is 0 Å². The third-order valence-corrected chi connectivity index (χ3v) is 4.56. The van der Waals surface area contributed by atoms with Crippen molar-refractivity contribution in [3.05, 3.63) is 51.0 Å². The minimum atomic E-state index is -0.139. The fourth-order valence-electron chi connectivity index (χ4n) is 2.36. The van der Waals surface area contributed by atoms with Crippen LogP contribution < -0.4 is 14.8 Å². The maximum Gasteiger partial charge on any atom is 0.291 e. The molecule has 1 aromatic carbocycles. The largest absolute Gasteiger partial charge is 0.493 e. The van der Waals surface area contributed by atoms with Gasteiger partial charge in [0.15, 0.2) is 0 Å². The Balaban J connectivity index is 1.82. The van der Waals surface area contributed by atoms with Gasteiger partial charge in [0.05, 0.1) is 11.1 Å². The molecule has 0 bridgehead atoms. The van der Waals surface area contributed by atoms with Gasteiger partial charge in [-0.05, 0) is 18.6 Å². The highest BCUT2D eigenvalue weighted by molar-refractivity contribution is 7.15. The van der Waals surface area contributed by atoms with Crippen LogP contribution in [0.1, 0.15) is 38.2 Å². The van der Waals surface area contributed by atoms with Gasteiger partial charge < -0.3 is 4.74 Å². The zero-order valence-electron chi connectivity index (χ0n) is 13.1. The van der Waals surface area contributed by atoms with E-state index in [2.05, 4.69) is 17.0 Å². The summed E-state index contributed by atoms with van der Waals surface area (Å²) in [6.07, 6.45) is 7.92. The minimum Gasteiger partial charge on any atom is -0.493 e. The molecule has 23 heavy (non-hydrogen) atoms. The average Bonchev–Trinajstić information content (AvgIpc) is 3.13. The number of thiazole rings is 1. The lowest BCUT2D eigenvalue weighted by Gasteiger charge is -2.08. The van der Waals surface area contributed by atoms with E-state index >= 15 is 0 Å². The summed E-state index contributed by atoms with van der Waals surface area (Å²) >= 11 is 1.33. The Morgan fingerprint density at radius 3 is 2.96 bits per heavy atom. The number of hydrogen-bond donors (Lipinski definition) is 0. The van der Waals surface area contributed by atoms with Crippen molar-refractivity contribution in [1.29, 1.82) is 0 Å². The van der Waals surface area contributed by atoms with Gasteiger partial charge >= 0.3 is 0 Å². The highest BCUT2D eigenvalue weighted by Crippen LogP contribution is 2.19. The minimum absolute atomic E-state index is 0.139. The molecule has 120 valence electrons. The SMILES string of the molecule is CCCCCCOc1ccccc1/C=c1/sc2ncnn2c1=O. The molecule has 0 unspecified atom stereocenters. The molecule has 0 aliphatic heterocycles. The predicted molar refractivity (Wildman–Crippen MR) is 92.0 cm³/mol. The molecule has 6 heteroatoms. The third kappa shape index (κ3) is 3.59. The second-order valence-electron chi connectivity index (χ2n) is 5.32. The van der Waals surface area contributed by atoms with Crippen LogP contribution in [0, 0.1) is 0 Å². The van der Waals surface area contributed by atoms with Crippen LogP contribution in [0.15, 0.2) is 35.4 Å². The van der Waals surface area contributed by atoms with Crippen LogP contribution in [0.25, 0.3) is 11.0 Å². The second kappa shape index (κ2) is 7.37. The summed E-state index contributed by atoms with van der Waals surface area (Å²) in [5, 5.41) is 3.93. The molecule has 0 N–H and O–H groups in total. The molecule has 0 aliphatic carbocycles. The number of fused-ring (bicyclic) bond motifs is 1. The number of para-hydroxylation sites is 1. The van der Waals surface area contributed by atoms with Gasteiger partial charge in [0.2, 0.25) is 4.96 Å². The molecule has 0 atom stereocenters. The standard InChI is InChI=1S/C17H19N3O2S/c1-2-3-4-7-10-22-14-9-6-5-8-13(14)11-15-16(21)20-17(23-15)18-12-19-20/h5-6,8-9,11-12H,2-4,7,10H2,1H3/b15-11+. The lowest BCUT2D eigenvalue weighted by atomic mass is 10.2. The van der Waals surface area contributed by atoms with E-state index in [4.69, 9.17) is 4.74 Å². The number of benzene rings is 1. The lowest BCUT2D eigenvalue weighted by Crippen LogP contribution is -2.23. The maximum absolute atomic E-state index is 12.2. The van der Waals surface area contributed by atoms with E-state index in [1.165, 1.54) is 41.4 Å². The van der Waals surface area contributed by atoms with Crippen LogP contribution in [-0.2, 0) is 0 Å². The van der Waals surface area contributed by atoms with Crippen LogP contribution in [0.5, 0.6) is 5.75 Å². The summed E-state index contributed by atoms with van der Waals surface area (Å²) in [7, 11) is 0. The van der Waals surface area contributed by atoms with E-state index in [1.54, 1.807) is 0 Å². The first-order chi connectivity index (χ1) is 11.3. The van der Waals surface area contributed by atoms with E-state index < -0.39 is 0 Å². The Kier molecular flexibility index (Phi) is 5.02. The summed E-state index contributed by atoms with van der Waals surface area (Å²) < 4.78 is 7.82. The molecular formula is C17H19N3O2S. The Morgan fingerprint density at radius 1 is 1.26 bits per heavy atom. The van der Waals surface area contributed by atoms with Gasteiger partial charge in [-0.25, -0.2) is 4.98 Å². The molecule has 0 fully saturated rings. The molecule has 0 saturated heterocycles. The number of ether oxygens (including phenoxy) is 1. The van der Waals surface area contributed by atoms with Gasteiger partial charge in [-0.2, -0.15) is 9.61 Å². The summed E-state index contributed by atoms with van der Waals surface area (Å²) in [6, 6.07) is 7.78. The Morgan fingerprint density at radius 2 is 2.13 bits per heavy atom. The molecule has 2 heterocycles. The maximum atomic E-state index is 12.2. The van der Waals surface area contributed by atoms with E-state index in [1.807, 2.05) is 30.3 Å². The van der Waals surface area contributed by atoms with Gasteiger partial charge in [-0.3, -0.25) is 4.79 Å². The van der Waals surface area contributed by atoms with Crippen LogP contribution >= 0.6 is 11.3 Å². The first-order valence-corrected chi connectivity index (χ1v) is 8.67. The second-order valence-corrected chi connectivity index (χ2v) is 6.33. The Labute approximate surface area is 138 Å². The normalized spacial score (nSPS) is 12.1. The average molecular weight is 329 g/mol. The topological polar surface area (TPSA) is 56.5 Å². The van der Waals surface area contributed by atoms with Crippen LogP contribution in [-0.4, -0.2) is 21.2 Å². The zero-order valence-corrected chi connectivity index (χ0v) is 13.9. The fraction of sp³-hybridized carbons (Fsp3) is 0.353. The van der Waals surface area contributed by atoms with Crippen LogP contribution in [0.4, 0.5) is 0 Å². The smallest absolute Gasteiger partial charge is 0.291 e. The van der Waals surface area contributed by atoms with Crippen molar-refractivity contribution in [3.8, 4) is 5.75 Å². The molecule has 0 spiro atoms. The van der Waals surface area contributed by atoms with E-state index in [0.717, 1.165) is 17.7 Å². The van der Waals surface area contributed by atoms with Crippen molar-refractivity contribution < 1.29 is 4.74 Å². The molecule has 0 amide bonds. The molecule has 3 rings (SSSR count). The Bertz CT molecular complexity index is 885. The summed E-state index contributed by atoms with van der Waals surface area (Å²) in [6.45, 7) is 2.89. The van der Waals surface area contributed by atoms with Crippen molar-refractivity contribution in [1.82, 2.24) is 14.6 Å². The predicted octanol–water partition coefficient (Wildman–Crippen LogP) is 2.66. The van der Waals surface area contributed by atoms with Crippen molar-refractivity contribution >= 4 is 22.4 Å². The molecule has 2 aromatic heterocycles. The van der Waals surface area contributed by atoms with Crippen molar-refractivity contribution in [2.75, 3.05) is 6.61 Å². The summed E-state index contributed by atoms with van der Waals surface area (Å²) in [5.74, 6) is 0.808. The molecular weight excluding hydrogens is 310 g/mol. The van der Waals surface area contributed by atoms with Crippen molar-refractivity contribution in [2.24, 2.45) is 0 Å². The molecule has 0 radical (unpaired) electrons. The first-order valence-electron chi connectivity index (χ1n) is 7.85. The van der Waals surface area contributed by atoms with Gasteiger partial charge in [-0.1, -0.05) is 55.7 Å². The van der Waals surface area contributed by atoms with Gasteiger partial charge in [0.25, 0.3) is 5.56 Å². The highest BCUT2D eigenvalue weighted by atomic mass is 32.1. The van der Waals surface area contributed by atoms with Crippen molar-refractivity contribution in [3.63, 3.8) is 0 Å². The number of hydrogen-bond acceptors (Lipinski definition) is 5.